The molecule has 0 spiro atoms. The molecule has 41 heavy (non-hydrogen) atoms. The number of pyridine rings is 1. The van der Waals surface area contributed by atoms with Crippen molar-refractivity contribution in [3.63, 3.8) is 0 Å². The Morgan fingerprint density at radius 1 is 1.12 bits per heavy atom. The van der Waals surface area contributed by atoms with Gasteiger partial charge in [-0.15, -0.1) is 0 Å². The van der Waals surface area contributed by atoms with Gasteiger partial charge in [0.1, 0.15) is 23.3 Å². The smallest absolute Gasteiger partial charge is 0.230 e. The lowest BCUT2D eigenvalue weighted by Crippen LogP contribution is -2.58. The lowest BCUT2D eigenvalue weighted by atomic mass is 9.64. The molecule has 0 N–H and O–H groups in total. The van der Waals surface area contributed by atoms with Crippen LogP contribution in [0.2, 0.25) is 0 Å². The Labute approximate surface area is 243 Å². The average Bonchev–Trinajstić information content (AvgIpc) is 2.88. The standard InChI is InChI=1S/C34H42N2O5/c1-17(2)23-14-26-30(33(39)36(23)8)31(29-24(38)15-34(6,7)16-27(29)41-26)28-19(4)21(11-13-25(28)40-9)22-12-10-18(3)32(35-22)20(5)37/h10-13,17,23,26,30-31H,14-16H2,1-9H3/t23-,26-,30-,31-/m0/s1. The number of ketones is 2. The molecule has 3 aliphatic rings. The van der Waals surface area contributed by atoms with E-state index in [0.717, 1.165) is 28.0 Å². The zero-order chi connectivity index (χ0) is 30.0. The van der Waals surface area contributed by atoms with Crippen LogP contribution in [0.25, 0.3) is 11.3 Å². The number of fused-ring (bicyclic) bond motifs is 1. The van der Waals surface area contributed by atoms with E-state index in [-0.39, 0.29) is 41.0 Å². The fourth-order valence-corrected chi connectivity index (χ4v) is 7.30. The van der Waals surface area contributed by atoms with Crippen LogP contribution in [0.1, 0.15) is 87.0 Å². The van der Waals surface area contributed by atoms with Crippen LogP contribution in [-0.4, -0.2) is 53.7 Å². The maximum absolute atomic E-state index is 14.2. The molecule has 5 rings (SSSR count). The fraction of sp³-hybridized carbons (Fsp3) is 0.529. The van der Waals surface area contributed by atoms with E-state index < -0.39 is 11.8 Å². The molecule has 1 aromatic carbocycles. The van der Waals surface area contributed by atoms with Crippen molar-refractivity contribution in [2.45, 2.75) is 85.8 Å². The maximum atomic E-state index is 14.2. The topological polar surface area (TPSA) is 85.8 Å². The van der Waals surface area contributed by atoms with Gasteiger partial charge in [0.2, 0.25) is 5.91 Å². The second-order valence-electron chi connectivity index (χ2n) is 13.2. The van der Waals surface area contributed by atoms with Crippen molar-refractivity contribution in [2.75, 3.05) is 14.2 Å². The minimum Gasteiger partial charge on any atom is -0.496 e. The Kier molecular flexibility index (Phi) is 7.37. The number of hydrogen-bond donors (Lipinski definition) is 0. The lowest BCUT2D eigenvalue weighted by molar-refractivity contribution is -0.154. The zero-order valence-electron chi connectivity index (χ0n) is 25.8. The Bertz CT molecular complexity index is 1470. The van der Waals surface area contributed by atoms with Crippen molar-refractivity contribution >= 4 is 17.5 Å². The third kappa shape index (κ3) is 4.87. The first-order valence-electron chi connectivity index (χ1n) is 14.6. The minimum atomic E-state index is -0.555. The number of likely N-dealkylation sites (tertiary alicyclic amines) is 1. The summed E-state index contributed by atoms with van der Waals surface area (Å²) in [6.45, 7) is 13.9. The number of ether oxygens (including phenoxy) is 2. The molecule has 1 aromatic heterocycles. The van der Waals surface area contributed by atoms with Gasteiger partial charge in [-0.1, -0.05) is 33.8 Å². The van der Waals surface area contributed by atoms with Gasteiger partial charge in [-0.2, -0.15) is 0 Å². The lowest BCUT2D eigenvalue weighted by Gasteiger charge is -2.51. The number of nitrogens with zero attached hydrogens (tertiary/aromatic N) is 2. The van der Waals surface area contributed by atoms with Crippen LogP contribution in [-0.2, 0) is 14.3 Å². The second kappa shape index (κ2) is 10.4. The molecule has 0 unspecified atom stereocenters. The summed E-state index contributed by atoms with van der Waals surface area (Å²) >= 11 is 0. The number of rotatable bonds is 5. The Morgan fingerprint density at radius 2 is 1.83 bits per heavy atom. The van der Waals surface area contributed by atoms with E-state index in [4.69, 9.17) is 14.5 Å². The molecule has 2 aromatic rings. The third-order valence-electron chi connectivity index (χ3n) is 9.33. The number of amides is 1. The molecule has 1 saturated heterocycles. The highest BCUT2D eigenvalue weighted by Crippen LogP contribution is 2.54. The van der Waals surface area contributed by atoms with E-state index in [1.54, 1.807) is 7.11 Å². The number of piperidine rings is 1. The molecule has 2 aliphatic heterocycles. The van der Waals surface area contributed by atoms with Crippen molar-refractivity contribution in [1.82, 2.24) is 9.88 Å². The molecule has 1 fully saturated rings. The Morgan fingerprint density at radius 3 is 2.46 bits per heavy atom. The van der Waals surface area contributed by atoms with Gasteiger partial charge in [0.05, 0.1) is 18.7 Å². The average molecular weight is 559 g/mol. The molecule has 0 radical (unpaired) electrons. The summed E-state index contributed by atoms with van der Waals surface area (Å²) < 4.78 is 12.6. The summed E-state index contributed by atoms with van der Waals surface area (Å²) in [6, 6.07) is 7.71. The first kappa shape index (κ1) is 29.0. The van der Waals surface area contributed by atoms with Crippen LogP contribution < -0.4 is 4.74 Å². The van der Waals surface area contributed by atoms with Crippen molar-refractivity contribution < 1.29 is 23.9 Å². The van der Waals surface area contributed by atoms with Crippen molar-refractivity contribution in [3.8, 4) is 17.0 Å². The summed E-state index contributed by atoms with van der Waals surface area (Å²) in [5.74, 6) is 0.480. The largest absolute Gasteiger partial charge is 0.496 e. The molecule has 218 valence electrons. The third-order valence-corrected chi connectivity index (χ3v) is 9.33. The van der Waals surface area contributed by atoms with Crippen molar-refractivity contribution in [1.29, 1.82) is 0 Å². The van der Waals surface area contributed by atoms with Crippen LogP contribution >= 0.6 is 0 Å². The summed E-state index contributed by atoms with van der Waals surface area (Å²) in [6.07, 6.45) is 1.40. The van der Waals surface area contributed by atoms with Crippen LogP contribution in [0.15, 0.2) is 35.6 Å². The number of methoxy groups -OCH3 is 1. The van der Waals surface area contributed by atoms with E-state index in [9.17, 15) is 14.4 Å². The highest BCUT2D eigenvalue weighted by atomic mass is 16.5. The first-order valence-corrected chi connectivity index (χ1v) is 14.6. The Balaban J connectivity index is 1.76. The number of carbonyl (C=O) groups is 3. The first-order chi connectivity index (χ1) is 19.3. The SMILES string of the molecule is COc1ccc(-c2ccc(C)c(C(C)=O)n2)c(C)c1[C@H]1C2=C(CC(C)(C)CC2=O)O[C@H]2C[C@@H](C(C)C)N(C)C(=O)[C@@H]21. The normalized spacial score (nSPS) is 25.6. The van der Waals surface area contributed by atoms with Gasteiger partial charge in [0, 0.05) is 61.9 Å². The molecule has 1 amide bonds. The van der Waals surface area contributed by atoms with Crippen molar-refractivity contribution in [3.05, 3.63) is 58.0 Å². The quantitative estimate of drug-likeness (QED) is 0.406. The van der Waals surface area contributed by atoms with Gasteiger partial charge in [0.15, 0.2) is 11.6 Å². The predicted octanol–water partition coefficient (Wildman–Crippen LogP) is 6.21. The molecule has 1 aliphatic carbocycles. The van der Waals surface area contributed by atoms with E-state index >= 15 is 0 Å². The van der Waals surface area contributed by atoms with Crippen LogP contribution in [0.4, 0.5) is 0 Å². The number of carbonyl (C=O) groups excluding carboxylic acids is 3. The highest BCUT2D eigenvalue weighted by molar-refractivity contribution is 6.01. The highest BCUT2D eigenvalue weighted by Gasteiger charge is 2.55. The molecule has 4 atom stereocenters. The predicted molar refractivity (Wildman–Crippen MR) is 158 cm³/mol. The van der Waals surface area contributed by atoms with E-state index in [0.29, 0.717) is 42.0 Å². The summed E-state index contributed by atoms with van der Waals surface area (Å²) in [7, 11) is 3.49. The van der Waals surface area contributed by atoms with Gasteiger partial charge < -0.3 is 14.4 Å². The molecule has 7 nitrogen and oxygen atoms in total. The Hall–Kier alpha value is -3.48. The van der Waals surface area contributed by atoms with Gasteiger partial charge >= 0.3 is 0 Å². The van der Waals surface area contributed by atoms with E-state index in [2.05, 4.69) is 27.7 Å². The zero-order valence-corrected chi connectivity index (χ0v) is 25.8. The molecule has 7 heteroatoms. The number of aryl methyl sites for hydroxylation is 1. The van der Waals surface area contributed by atoms with Gasteiger partial charge in [-0.25, -0.2) is 4.98 Å². The molecule has 0 saturated carbocycles. The number of benzene rings is 1. The fourth-order valence-electron chi connectivity index (χ4n) is 7.30. The van der Waals surface area contributed by atoms with Crippen LogP contribution in [0.3, 0.4) is 0 Å². The van der Waals surface area contributed by atoms with Crippen molar-refractivity contribution in [2.24, 2.45) is 17.3 Å². The molecule has 0 bridgehead atoms. The maximum Gasteiger partial charge on any atom is 0.230 e. The van der Waals surface area contributed by atoms with Crippen LogP contribution in [0.5, 0.6) is 5.75 Å². The monoisotopic (exact) mass is 558 g/mol. The van der Waals surface area contributed by atoms with E-state index in [1.807, 2.05) is 50.1 Å². The summed E-state index contributed by atoms with van der Waals surface area (Å²) in [5, 5.41) is 0. The van der Waals surface area contributed by atoms with Gasteiger partial charge in [-0.3, -0.25) is 14.4 Å². The minimum absolute atomic E-state index is 0.00619. The number of hydrogen-bond acceptors (Lipinski definition) is 6. The number of allylic oxidation sites excluding steroid dienone is 2. The van der Waals surface area contributed by atoms with Crippen LogP contribution in [0, 0.1) is 31.1 Å². The number of Topliss-reactive ketones (excluding diaryl/α,β-unsaturated/α-hetero) is 2. The second-order valence-corrected chi connectivity index (χ2v) is 13.2. The molecular formula is C34H42N2O5. The summed E-state index contributed by atoms with van der Waals surface area (Å²) in [5.41, 5.74) is 4.85. The molecule has 3 heterocycles. The number of aromatic nitrogens is 1. The van der Waals surface area contributed by atoms with Gasteiger partial charge in [0.25, 0.3) is 0 Å². The molecular weight excluding hydrogens is 516 g/mol. The van der Waals surface area contributed by atoms with E-state index in [1.165, 1.54) is 6.92 Å². The van der Waals surface area contributed by atoms with Gasteiger partial charge in [-0.05, 0) is 54.5 Å². The summed E-state index contributed by atoms with van der Waals surface area (Å²) in [4.78, 5) is 47.0.